The Bertz CT molecular complexity index is 293. The van der Waals surface area contributed by atoms with Crippen LogP contribution in [0.2, 0.25) is 0 Å². The van der Waals surface area contributed by atoms with Crippen LogP contribution in [-0.4, -0.2) is 11.2 Å². The van der Waals surface area contributed by atoms with Crippen LogP contribution < -0.4 is 0 Å². The maximum atomic E-state index is 9.95. The Morgan fingerprint density at radius 2 is 1.93 bits per heavy atom. The lowest BCUT2D eigenvalue weighted by molar-refractivity contribution is 0.0519. The smallest absolute Gasteiger partial charge is 0.0571 e. The van der Waals surface area contributed by atoms with Crippen molar-refractivity contribution in [3.8, 4) is 0 Å². The minimum Gasteiger partial charge on any atom is -0.393 e. The zero-order chi connectivity index (χ0) is 10.7. The molecule has 3 unspecified atom stereocenters. The van der Waals surface area contributed by atoms with Crippen molar-refractivity contribution in [3.05, 3.63) is 35.9 Å². The SMILES string of the molecule is CC1CCC(O)C(Cc2ccccc2)C1. The maximum absolute atomic E-state index is 9.95. The van der Waals surface area contributed by atoms with E-state index in [1.54, 1.807) is 0 Å². The summed E-state index contributed by atoms with van der Waals surface area (Å²) in [5.41, 5.74) is 1.36. The molecule has 3 atom stereocenters. The van der Waals surface area contributed by atoms with E-state index in [9.17, 15) is 5.11 Å². The normalized spacial score (nSPS) is 31.5. The fourth-order valence-electron chi connectivity index (χ4n) is 2.62. The summed E-state index contributed by atoms with van der Waals surface area (Å²) in [6, 6.07) is 10.5. The van der Waals surface area contributed by atoms with E-state index in [0.717, 1.165) is 18.8 Å². The van der Waals surface area contributed by atoms with Crippen LogP contribution in [0.1, 0.15) is 31.7 Å². The zero-order valence-electron chi connectivity index (χ0n) is 9.39. The molecule has 1 nitrogen and oxygen atoms in total. The molecule has 1 N–H and O–H groups in total. The average molecular weight is 204 g/mol. The van der Waals surface area contributed by atoms with Crippen molar-refractivity contribution >= 4 is 0 Å². The number of benzene rings is 1. The highest BCUT2D eigenvalue weighted by Gasteiger charge is 2.26. The maximum Gasteiger partial charge on any atom is 0.0571 e. The Morgan fingerprint density at radius 1 is 1.20 bits per heavy atom. The van der Waals surface area contributed by atoms with Crippen LogP contribution in [0, 0.1) is 11.8 Å². The van der Waals surface area contributed by atoms with Gasteiger partial charge in [-0.25, -0.2) is 0 Å². The van der Waals surface area contributed by atoms with Gasteiger partial charge in [0.15, 0.2) is 0 Å². The van der Waals surface area contributed by atoms with E-state index >= 15 is 0 Å². The Kier molecular flexibility index (Phi) is 3.42. The van der Waals surface area contributed by atoms with Crippen molar-refractivity contribution < 1.29 is 5.11 Å². The largest absolute Gasteiger partial charge is 0.393 e. The second-order valence-electron chi connectivity index (χ2n) is 4.94. The molecule has 1 heteroatoms. The van der Waals surface area contributed by atoms with E-state index in [-0.39, 0.29) is 6.10 Å². The van der Waals surface area contributed by atoms with Crippen molar-refractivity contribution in [3.63, 3.8) is 0 Å². The summed E-state index contributed by atoms with van der Waals surface area (Å²) in [4.78, 5) is 0. The molecule has 0 heterocycles. The highest BCUT2D eigenvalue weighted by Crippen LogP contribution is 2.31. The Morgan fingerprint density at radius 3 is 2.67 bits per heavy atom. The fourth-order valence-corrected chi connectivity index (χ4v) is 2.62. The van der Waals surface area contributed by atoms with Crippen molar-refractivity contribution in [2.24, 2.45) is 11.8 Å². The molecule has 2 rings (SSSR count). The van der Waals surface area contributed by atoms with Gasteiger partial charge >= 0.3 is 0 Å². The van der Waals surface area contributed by atoms with Gasteiger partial charge in [-0.2, -0.15) is 0 Å². The van der Waals surface area contributed by atoms with Gasteiger partial charge in [0.2, 0.25) is 0 Å². The van der Waals surface area contributed by atoms with E-state index in [4.69, 9.17) is 0 Å². The number of hydrogen-bond acceptors (Lipinski definition) is 1. The predicted molar refractivity (Wildman–Crippen MR) is 62.7 cm³/mol. The summed E-state index contributed by atoms with van der Waals surface area (Å²) in [6.07, 6.45) is 4.30. The summed E-state index contributed by atoms with van der Waals surface area (Å²) in [6.45, 7) is 2.30. The third-order valence-electron chi connectivity index (χ3n) is 3.55. The van der Waals surface area contributed by atoms with Crippen LogP contribution in [0.5, 0.6) is 0 Å². The Labute approximate surface area is 92.1 Å². The molecule has 0 radical (unpaired) electrons. The third kappa shape index (κ3) is 2.82. The lowest BCUT2D eigenvalue weighted by atomic mass is 9.77. The number of aliphatic hydroxyl groups is 1. The first kappa shape index (κ1) is 10.7. The van der Waals surface area contributed by atoms with Gasteiger partial charge in [0.05, 0.1) is 6.10 Å². The van der Waals surface area contributed by atoms with Gasteiger partial charge in [0, 0.05) is 0 Å². The predicted octanol–water partition coefficient (Wildman–Crippen LogP) is 3.03. The first-order chi connectivity index (χ1) is 7.25. The lowest BCUT2D eigenvalue weighted by Crippen LogP contribution is -2.29. The molecule has 0 saturated heterocycles. The minimum absolute atomic E-state index is 0.0820. The molecule has 1 aliphatic carbocycles. The monoisotopic (exact) mass is 204 g/mol. The van der Waals surface area contributed by atoms with Gasteiger partial charge in [0.25, 0.3) is 0 Å². The van der Waals surface area contributed by atoms with Crippen molar-refractivity contribution in [2.75, 3.05) is 0 Å². The highest BCUT2D eigenvalue weighted by molar-refractivity contribution is 5.15. The molecule has 15 heavy (non-hydrogen) atoms. The van der Waals surface area contributed by atoms with E-state index in [1.807, 2.05) is 6.07 Å². The quantitative estimate of drug-likeness (QED) is 0.785. The van der Waals surface area contributed by atoms with Crippen LogP contribution in [0.4, 0.5) is 0 Å². The van der Waals surface area contributed by atoms with Gasteiger partial charge in [-0.05, 0) is 43.1 Å². The number of rotatable bonds is 2. The average Bonchev–Trinajstić information content (AvgIpc) is 2.25. The van der Waals surface area contributed by atoms with Crippen molar-refractivity contribution in [1.29, 1.82) is 0 Å². The molecule has 1 aromatic rings. The fraction of sp³-hybridized carbons (Fsp3) is 0.571. The van der Waals surface area contributed by atoms with Gasteiger partial charge in [-0.3, -0.25) is 0 Å². The Balaban J connectivity index is 1.98. The topological polar surface area (TPSA) is 20.2 Å². The first-order valence-electron chi connectivity index (χ1n) is 5.97. The Hall–Kier alpha value is -0.820. The number of aliphatic hydroxyl groups excluding tert-OH is 1. The molecule has 82 valence electrons. The summed E-state index contributed by atoms with van der Waals surface area (Å²) in [7, 11) is 0. The van der Waals surface area contributed by atoms with Crippen LogP contribution >= 0.6 is 0 Å². The molecule has 1 fully saturated rings. The summed E-state index contributed by atoms with van der Waals surface area (Å²) < 4.78 is 0. The van der Waals surface area contributed by atoms with Crippen LogP contribution in [0.15, 0.2) is 30.3 Å². The summed E-state index contributed by atoms with van der Waals surface area (Å²) in [5.74, 6) is 1.25. The summed E-state index contributed by atoms with van der Waals surface area (Å²) >= 11 is 0. The van der Waals surface area contributed by atoms with E-state index < -0.39 is 0 Å². The molecule has 1 saturated carbocycles. The van der Waals surface area contributed by atoms with Crippen molar-refractivity contribution in [2.45, 2.75) is 38.7 Å². The molecular weight excluding hydrogens is 184 g/mol. The number of hydrogen-bond donors (Lipinski definition) is 1. The minimum atomic E-state index is -0.0820. The van der Waals surface area contributed by atoms with Crippen LogP contribution in [-0.2, 0) is 6.42 Å². The summed E-state index contributed by atoms with van der Waals surface area (Å²) in [5, 5.41) is 9.95. The second kappa shape index (κ2) is 4.80. The first-order valence-corrected chi connectivity index (χ1v) is 5.97. The van der Waals surface area contributed by atoms with Gasteiger partial charge in [-0.15, -0.1) is 0 Å². The van der Waals surface area contributed by atoms with Crippen LogP contribution in [0.3, 0.4) is 0 Å². The van der Waals surface area contributed by atoms with Gasteiger partial charge in [-0.1, -0.05) is 37.3 Å². The van der Waals surface area contributed by atoms with Crippen LogP contribution in [0.25, 0.3) is 0 Å². The molecule has 0 bridgehead atoms. The standard InChI is InChI=1S/C14H20O/c1-11-7-8-14(15)13(9-11)10-12-5-3-2-4-6-12/h2-6,11,13-15H,7-10H2,1H3. The molecule has 1 aliphatic rings. The van der Waals surface area contributed by atoms with Gasteiger partial charge in [0.1, 0.15) is 0 Å². The molecule has 1 aromatic carbocycles. The van der Waals surface area contributed by atoms with E-state index in [2.05, 4.69) is 31.2 Å². The van der Waals surface area contributed by atoms with Gasteiger partial charge < -0.3 is 5.11 Å². The molecule has 0 aromatic heterocycles. The molecular formula is C14H20O. The third-order valence-corrected chi connectivity index (χ3v) is 3.55. The zero-order valence-corrected chi connectivity index (χ0v) is 9.39. The van der Waals surface area contributed by atoms with E-state index in [1.165, 1.54) is 18.4 Å². The van der Waals surface area contributed by atoms with Crippen molar-refractivity contribution in [1.82, 2.24) is 0 Å². The lowest BCUT2D eigenvalue weighted by Gasteiger charge is -2.31. The molecule has 0 spiro atoms. The highest BCUT2D eigenvalue weighted by atomic mass is 16.3. The van der Waals surface area contributed by atoms with E-state index in [0.29, 0.717) is 5.92 Å². The second-order valence-corrected chi connectivity index (χ2v) is 4.94. The molecule has 0 aliphatic heterocycles. The molecule has 0 amide bonds.